The fourth-order valence-corrected chi connectivity index (χ4v) is 3.41. The smallest absolute Gasteiger partial charge is 0.331 e. The Kier molecular flexibility index (Phi) is 9.24. The van der Waals surface area contributed by atoms with Gasteiger partial charge >= 0.3 is 8.56 Å². The molecule has 0 aromatic heterocycles. The van der Waals surface area contributed by atoms with Crippen LogP contribution in [0.2, 0.25) is 13.1 Å². The first-order valence-corrected chi connectivity index (χ1v) is 8.00. The highest BCUT2D eigenvalue weighted by molar-refractivity contribution is 6.64. The molecule has 0 amide bonds. The van der Waals surface area contributed by atoms with Crippen molar-refractivity contribution in [2.75, 3.05) is 6.61 Å². The molecule has 1 unspecified atom stereocenters. The van der Waals surface area contributed by atoms with Crippen LogP contribution in [0.25, 0.3) is 0 Å². The highest BCUT2D eigenvalue weighted by Crippen LogP contribution is 2.14. The zero-order chi connectivity index (χ0) is 10.5. The summed E-state index contributed by atoms with van der Waals surface area (Å²) in [6.07, 6.45) is 1.44. The molecule has 0 aromatic rings. The molecule has 0 saturated carbocycles. The van der Waals surface area contributed by atoms with E-state index in [9.17, 15) is 0 Å². The topological polar surface area (TPSA) is 18.5 Å². The molecule has 4 heteroatoms. The Morgan fingerprint density at radius 2 is 1.64 bits per heavy atom. The first kappa shape index (κ1) is 16.8. The summed E-state index contributed by atoms with van der Waals surface area (Å²) >= 11 is 0. The molecule has 0 rings (SSSR count). The molecular weight excluding hydrogens is 216 g/mol. The van der Waals surface area contributed by atoms with Crippen molar-refractivity contribution in [3.05, 3.63) is 0 Å². The summed E-state index contributed by atoms with van der Waals surface area (Å²) in [6.45, 7) is 13.6. The van der Waals surface area contributed by atoms with E-state index < -0.39 is 8.56 Å². The zero-order valence-electron chi connectivity index (χ0n) is 10.3. The molecule has 88 valence electrons. The Morgan fingerprint density at radius 3 is 2.00 bits per heavy atom. The van der Waals surface area contributed by atoms with E-state index in [1.807, 2.05) is 6.92 Å². The Hall–Kier alpha value is 0.427. The molecule has 0 radical (unpaired) electrons. The van der Waals surface area contributed by atoms with Crippen LogP contribution in [0.15, 0.2) is 0 Å². The second-order valence-corrected chi connectivity index (χ2v) is 7.71. The molecule has 0 aliphatic rings. The average Bonchev–Trinajstić information content (AvgIpc) is 1.81. The van der Waals surface area contributed by atoms with Gasteiger partial charge in [-0.15, -0.1) is 12.4 Å². The first-order valence-electron chi connectivity index (χ1n) is 5.19. The van der Waals surface area contributed by atoms with Crippen molar-refractivity contribution in [3.8, 4) is 0 Å². The molecular formula is C10H25ClO2Si. The van der Waals surface area contributed by atoms with Crippen LogP contribution in [-0.2, 0) is 8.85 Å². The molecule has 0 saturated heterocycles. The van der Waals surface area contributed by atoms with Gasteiger partial charge in [-0.2, -0.15) is 0 Å². The van der Waals surface area contributed by atoms with Gasteiger partial charge in [-0.25, -0.2) is 0 Å². The van der Waals surface area contributed by atoms with Gasteiger partial charge in [0, 0.05) is 12.7 Å². The summed E-state index contributed by atoms with van der Waals surface area (Å²) in [7, 11) is -1.83. The standard InChI is InChI=1S/C10H24O2Si.ClH/c1-7-11-13(5,6)12-10(4)8-9(2)3;/h9-10H,7-8H2,1-6H3;1H. The molecule has 0 fully saturated rings. The average molecular weight is 241 g/mol. The van der Waals surface area contributed by atoms with Crippen LogP contribution in [0, 0.1) is 5.92 Å². The number of rotatable bonds is 6. The third-order valence-corrected chi connectivity index (χ3v) is 3.73. The van der Waals surface area contributed by atoms with Crippen LogP contribution in [0.4, 0.5) is 0 Å². The predicted octanol–water partition coefficient (Wildman–Crippen LogP) is 3.60. The summed E-state index contributed by atoms with van der Waals surface area (Å²) in [4.78, 5) is 0. The van der Waals surface area contributed by atoms with Crippen LogP contribution >= 0.6 is 12.4 Å². The molecule has 0 aromatic carbocycles. The van der Waals surface area contributed by atoms with E-state index in [1.54, 1.807) is 0 Å². The van der Waals surface area contributed by atoms with Crippen LogP contribution in [-0.4, -0.2) is 21.3 Å². The van der Waals surface area contributed by atoms with Crippen molar-refractivity contribution in [2.45, 2.75) is 53.3 Å². The second-order valence-electron chi connectivity index (χ2n) is 4.39. The maximum Gasteiger partial charge on any atom is 0.331 e. The van der Waals surface area contributed by atoms with Gasteiger partial charge in [0.15, 0.2) is 0 Å². The molecule has 0 heterocycles. The van der Waals surface area contributed by atoms with E-state index in [0.717, 1.165) is 13.0 Å². The summed E-state index contributed by atoms with van der Waals surface area (Å²) in [5.74, 6) is 0.696. The lowest BCUT2D eigenvalue weighted by molar-refractivity contribution is 0.121. The van der Waals surface area contributed by atoms with Gasteiger partial charge in [0.2, 0.25) is 0 Å². The lowest BCUT2D eigenvalue weighted by atomic mass is 10.1. The van der Waals surface area contributed by atoms with E-state index in [1.165, 1.54) is 0 Å². The van der Waals surface area contributed by atoms with Crippen molar-refractivity contribution in [1.29, 1.82) is 0 Å². The van der Waals surface area contributed by atoms with Gasteiger partial charge in [-0.1, -0.05) is 13.8 Å². The summed E-state index contributed by atoms with van der Waals surface area (Å²) in [5.41, 5.74) is 0. The molecule has 14 heavy (non-hydrogen) atoms. The second kappa shape index (κ2) is 7.68. The Bertz CT molecular complexity index is 140. The molecule has 0 aliphatic carbocycles. The van der Waals surface area contributed by atoms with Crippen LogP contribution < -0.4 is 0 Å². The van der Waals surface area contributed by atoms with Crippen molar-refractivity contribution in [3.63, 3.8) is 0 Å². The third kappa shape index (κ3) is 9.00. The normalized spacial score (nSPS) is 13.9. The maximum absolute atomic E-state index is 5.91. The largest absolute Gasteiger partial charge is 0.395 e. The van der Waals surface area contributed by atoms with Crippen molar-refractivity contribution in [2.24, 2.45) is 5.92 Å². The minimum atomic E-state index is -1.83. The fraction of sp³-hybridized carbons (Fsp3) is 1.00. The number of halogens is 1. The summed E-state index contributed by atoms with van der Waals surface area (Å²) in [6, 6.07) is 0. The lowest BCUT2D eigenvalue weighted by Crippen LogP contribution is -2.38. The Labute approximate surface area is 96.0 Å². The van der Waals surface area contributed by atoms with E-state index in [4.69, 9.17) is 8.85 Å². The highest BCUT2D eigenvalue weighted by Gasteiger charge is 2.26. The number of hydrogen-bond acceptors (Lipinski definition) is 2. The van der Waals surface area contributed by atoms with Crippen molar-refractivity contribution in [1.82, 2.24) is 0 Å². The van der Waals surface area contributed by atoms with Crippen LogP contribution in [0.1, 0.15) is 34.1 Å². The monoisotopic (exact) mass is 240 g/mol. The van der Waals surface area contributed by atoms with Crippen molar-refractivity contribution >= 4 is 21.0 Å². The minimum absolute atomic E-state index is 0. The number of hydrogen-bond donors (Lipinski definition) is 0. The first-order chi connectivity index (χ1) is 5.87. The van der Waals surface area contributed by atoms with E-state index in [2.05, 4.69) is 33.9 Å². The maximum atomic E-state index is 5.91. The minimum Gasteiger partial charge on any atom is -0.395 e. The zero-order valence-corrected chi connectivity index (χ0v) is 12.1. The van der Waals surface area contributed by atoms with E-state index in [-0.39, 0.29) is 12.4 Å². The summed E-state index contributed by atoms with van der Waals surface area (Å²) < 4.78 is 11.5. The molecule has 1 atom stereocenters. The molecule has 0 bridgehead atoms. The molecule has 2 nitrogen and oxygen atoms in total. The van der Waals surface area contributed by atoms with Gasteiger partial charge < -0.3 is 8.85 Å². The predicted molar refractivity (Wildman–Crippen MR) is 66.4 cm³/mol. The molecule has 0 spiro atoms. The Balaban J connectivity index is 0. The van der Waals surface area contributed by atoms with E-state index >= 15 is 0 Å². The lowest BCUT2D eigenvalue weighted by Gasteiger charge is -2.27. The van der Waals surface area contributed by atoms with Crippen LogP contribution in [0.5, 0.6) is 0 Å². The quantitative estimate of drug-likeness (QED) is 0.661. The van der Waals surface area contributed by atoms with Crippen LogP contribution in [0.3, 0.4) is 0 Å². The Morgan fingerprint density at radius 1 is 1.14 bits per heavy atom. The third-order valence-electron chi connectivity index (χ3n) is 1.78. The van der Waals surface area contributed by atoms with Gasteiger partial charge in [0.1, 0.15) is 0 Å². The molecule has 0 aliphatic heterocycles. The SMILES string of the molecule is CCO[Si](C)(C)OC(C)CC(C)C.Cl. The van der Waals surface area contributed by atoms with E-state index in [0.29, 0.717) is 12.0 Å². The van der Waals surface area contributed by atoms with Gasteiger partial charge in [-0.3, -0.25) is 0 Å². The highest BCUT2D eigenvalue weighted by atomic mass is 35.5. The van der Waals surface area contributed by atoms with Gasteiger partial charge in [0.25, 0.3) is 0 Å². The van der Waals surface area contributed by atoms with Crippen molar-refractivity contribution < 1.29 is 8.85 Å². The summed E-state index contributed by atoms with van der Waals surface area (Å²) in [5, 5.41) is 0. The fourth-order valence-electron chi connectivity index (χ4n) is 1.58. The van der Waals surface area contributed by atoms with Gasteiger partial charge in [0.05, 0.1) is 0 Å². The molecule has 0 N–H and O–H groups in total. The van der Waals surface area contributed by atoms with Gasteiger partial charge in [-0.05, 0) is 39.3 Å².